The number of amides is 1. The van der Waals surface area contributed by atoms with Crippen molar-refractivity contribution in [3.8, 4) is 6.07 Å². The van der Waals surface area contributed by atoms with Gasteiger partial charge < -0.3 is 5.32 Å². The standard InChI is InChI=1S/C16H9ClN4O5/c17-14-8-13(21(25)26)5-6-15(14)19-16(22)11(9-18)7-10-1-3-12(4-2-10)20(23)24/h1-8H,(H,19,22). The molecule has 0 aliphatic rings. The van der Waals surface area contributed by atoms with E-state index in [1.54, 1.807) is 6.07 Å². The van der Waals surface area contributed by atoms with E-state index in [-0.39, 0.29) is 27.7 Å². The number of halogens is 1. The Morgan fingerprint density at radius 2 is 1.65 bits per heavy atom. The van der Waals surface area contributed by atoms with E-state index in [9.17, 15) is 25.0 Å². The molecule has 0 atom stereocenters. The third kappa shape index (κ3) is 4.40. The molecule has 0 unspecified atom stereocenters. The molecule has 26 heavy (non-hydrogen) atoms. The first-order valence-corrected chi connectivity index (χ1v) is 7.31. The van der Waals surface area contributed by atoms with Crippen molar-refractivity contribution in [3.63, 3.8) is 0 Å². The molecular weight excluding hydrogens is 364 g/mol. The number of carbonyl (C=O) groups excluding carboxylic acids is 1. The molecule has 1 N–H and O–H groups in total. The molecule has 9 nitrogen and oxygen atoms in total. The van der Waals surface area contributed by atoms with Gasteiger partial charge >= 0.3 is 0 Å². The number of nitro groups is 2. The Hall–Kier alpha value is -3.77. The maximum Gasteiger partial charge on any atom is 0.271 e. The van der Waals surface area contributed by atoms with Crippen molar-refractivity contribution in [3.05, 3.63) is 78.9 Å². The number of nitrogens with zero attached hydrogens (tertiary/aromatic N) is 3. The predicted octanol–water partition coefficient (Wildman–Crippen LogP) is 3.70. The second-order valence-corrected chi connectivity index (χ2v) is 5.30. The van der Waals surface area contributed by atoms with E-state index in [1.165, 1.54) is 36.4 Å². The predicted molar refractivity (Wildman–Crippen MR) is 93.4 cm³/mol. The van der Waals surface area contributed by atoms with Crippen molar-refractivity contribution >= 4 is 40.6 Å². The van der Waals surface area contributed by atoms with Gasteiger partial charge in [0.15, 0.2) is 0 Å². The Bertz CT molecular complexity index is 964. The lowest BCUT2D eigenvalue weighted by molar-refractivity contribution is -0.385. The third-order valence-electron chi connectivity index (χ3n) is 3.19. The number of hydrogen-bond donors (Lipinski definition) is 1. The van der Waals surface area contributed by atoms with Crippen LogP contribution in [0.1, 0.15) is 5.56 Å². The van der Waals surface area contributed by atoms with Gasteiger partial charge in [0.2, 0.25) is 0 Å². The summed E-state index contributed by atoms with van der Waals surface area (Å²) in [5.74, 6) is -0.776. The highest BCUT2D eigenvalue weighted by Gasteiger charge is 2.14. The van der Waals surface area contributed by atoms with Crippen LogP contribution in [0.15, 0.2) is 48.0 Å². The van der Waals surface area contributed by atoms with Gasteiger partial charge in [0, 0.05) is 24.3 Å². The fraction of sp³-hybridized carbons (Fsp3) is 0. The van der Waals surface area contributed by atoms with E-state index >= 15 is 0 Å². The molecule has 0 aliphatic carbocycles. The Morgan fingerprint density at radius 1 is 1.08 bits per heavy atom. The van der Waals surface area contributed by atoms with Crippen LogP contribution in [-0.2, 0) is 4.79 Å². The van der Waals surface area contributed by atoms with E-state index in [0.29, 0.717) is 5.56 Å². The smallest absolute Gasteiger partial charge is 0.271 e. The van der Waals surface area contributed by atoms with Crippen molar-refractivity contribution in [1.29, 1.82) is 5.26 Å². The largest absolute Gasteiger partial charge is 0.320 e. The molecule has 2 rings (SSSR count). The quantitative estimate of drug-likeness (QED) is 0.367. The van der Waals surface area contributed by atoms with Gasteiger partial charge in [-0.25, -0.2) is 0 Å². The molecular formula is C16H9ClN4O5. The topological polar surface area (TPSA) is 139 Å². The zero-order valence-corrected chi connectivity index (χ0v) is 13.6. The molecule has 0 fully saturated rings. The molecule has 130 valence electrons. The summed E-state index contributed by atoms with van der Waals surface area (Å²) < 4.78 is 0. The van der Waals surface area contributed by atoms with Crippen LogP contribution in [0.2, 0.25) is 5.02 Å². The minimum atomic E-state index is -0.776. The number of benzene rings is 2. The van der Waals surface area contributed by atoms with Gasteiger partial charge in [-0.15, -0.1) is 0 Å². The van der Waals surface area contributed by atoms with Crippen molar-refractivity contribution < 1.29 is 14.6 Å². The highest BCUT2D eigenvalue weighted by molar-refractivity contribution is 6.34. The maximum absolute atomic E-state index is 12.2. The van der Waals surface area contributed by atoms with Crippen molar-refractivity contribution in [1.82, 2.24) is 0 Å². The van der Waals surface area contributed by atoms with Gasteiger partial charge in [-0.05, 0) is 29.8 Å². The van der Waals surface area contributed by atoms with Crippen LogP contribution in [0.4, 0.5) is 17.1 Å². The number of nitrogens with one attached hydrogen (secondary N) is 1. The minimum absolute atomic E-state index is 0.0554. The van der Waals surface area contributed by atoms with Crippen LogP contribution in [0.25, 0.3) is 6.08 Å². The summed E-state index contributed by atoms with van der Waals surface area (Å²) in [5, 5.41) is 32.8. The minimum Gasteiger partial charge on any atom is -0.320 e. The van der Waals surface area contributed by atoms with Gasteiger partial charge in [-0.2, -0.15) is 5.26 Å². The fourth-order valence-electron chi connectivity index (χ4n) is 1.92. The summed E-state index contributed by atoms with van der Waals surface area (Å²) in [6, 6.07) is 10.5. The number of hydrogen-bond acceptors (Lipinski definition) is 6. The second kappa shape index (κ2) is 7.87. The highest BCUT2D eigenvalue weighted by Crippen LogP contribution is 2.27. The van der Waals surface area contributed by atoms with Gasteiger partial charge in [-0.1, -0.05) is 11.6 Å². The Morgan fingerprint density at radius 3 is 2.15 bits per heavy atom. The van der Waals surface area contributed by atoms with Gasteiger partial charge in [0.25, 0.3) is 17.3 Å². The van der Waals surface area contributed by atoms with Crippen LogP contribution in [0.3, 0.4) is 0 Å². The number of carbonyl (C=O) groups is 1. The maximum atomic E-state index is 12.2. The van der Waals surface area contributed by atoms with E-state index < -0.39 is 15.8 Å². The van der Waals surface area contributed by atoms with Crippen molar-refractivity contribution in [2.75, 3.05) is 5.32 Å². The Balaban J connectivity index is 2.22. The summed E-state index contributed by atoms with van der Waals surface area (Å²) in [5.41, 5.74) is -0.116. The Kier molecular flexibility index (Phi) is 5.62. The van der Waals surface area contributed by atoms with E-state index in [1.807, 2.05) is 0 Å². The van der Waals surface area contributed by atoms with Crippen LogP contribution >= 0.6 is 11.6 Å². The molecule has 0 saturated heterocycles. The van der Waals surface area contributed by atoms with Crippen molar-refractivity contribution in [2.45, 2.75) is 0 Å². The lowest BCUT2D eigenvalue weighted by Crippen LogP contribution is -2.13. The van der Waals surface area contributed by atoms with Crippen LogP contribution in [-0.4, -0.2) is 15.8 Å². The molecule has 1 amide bonds. The lowest BCUT2D eigenvalue weighted by Gasteiger charge is -2.06. The molecule has 0 aliphatic heterocycles. The number of nitro benzene ring substituents is 2. The average Bonchev–Trinajstić information content (AvgIpc) is 2.61. The molecule has 0 spiro atoms. The average molecular weight is 373 g/mol. The van der Waals surface area contributed by atoms with E-state index in [0.717, 1.165) is 12.1 Å². The number of non-ortho nitro benzene ring substituents is 2. The van der Waals surface area contributed by atoms with Gasteiger partial charge in [-0.3, -0.25) is 25.0 Å². The van der Waals surface area contributed by atoms with Crippen LogP contribution in [0.5, 0.6) is 0 Å². The molecule has 0 radical (unpaired) electrons. The monoisotopic (exact) mass is 372 g/mol. The zero-order valence-electron chi connectivity index (χ0n) is 12.9. The first-order valence-electron chi connectivity index (χ1n) is 6.93. The molecule has 10 heteroatoms. The summed E-state index contributed by atoms with van der Waals surface area (Å²) in [6.45, 7) is 0. The fourth-order valence-corrected chi connectivity index (χ4v) is 2.14. The number of anilines is 1. The first kappa shape index (κ1) is 18.6. The van der Waals surface area contributed by atoms with E-state index in [4.69, 9.17) is 16.9 Å². The van der Waals surface area contributed by atoms with Gasteiger partial charge in [0.05, 0.1) is 20.6 Å². The first-order chi connectivity index (χ1) is 12.3. The molecule has 2 aromatic rings. The second-order valence-electron chi connectivity index (χ2n) is 4.89. The molecule has 0 heterocycles. The summed E-state index contributed by atoms with van der Waals surface area (Å²) in [4.78, 5) is 32.3. The van der Waals surface area contributed by atoms with Gasteiger partial charge in [0.1, 0.15) is 11.6 Å². The SMILES string of the molecule is N#CC(=Cc1ccc([N+](=O)[O-])cc1)C(=O)Nc1ccc([N+](=O)[O-])cc1Cl. The third-order valence-corrected chi connectivity index (χ3v) is 3.50. The van der Waals surface area contributed by atoms with E-state index in [2.05, 4.69) is 5.32 Å². The summed E-state index contributed by atoms with van der Waals surface area (Å²) >= 11 is 5.89. The lowest BCUT2D eigenvalue weighted by atomic mass is 10.1. The van der Waals surface area contributed by atoms with Crippen molar-refractivity contribution in [2.24, 2.45) is 0 Å². The van der Waals surface area contributed by atoms with Crippen LogP contribution < -0.4 is 5.32 Å². The summed E-state index contributed by atoms with van der Waals surface area (Å²) in [6.07, 6.45) is 1.25. The highest BCUT2D eigenvalue weighted by atomic mass is 35.5. The zero-order chi connectivity index (χ0) is 19.3. The molecule has 2 aromatic carbocycles. The normalized spacial score (nSPS) is 10.7. The van der Waals surface area contributed by atoms with Crippen LogP contribution in [0, 0.1) is 31.6 Å². The molecule has 0 bridgehead atoms. The number of nitriles is 1. The number of rotatable bonds is 5. The summed E-state index contributed by atoms with van der Waals surface area (Å²) in [7, 11) is 0. The Labute approximate surface area is 151 Å². The molecule has 0 aromatic heterocycles. The molecule has 0 saturated carbocycles.